The third-order valence-electron chi connectivity index (χ3n) is 4.90. The molecule has 2 amide bonds. The standard InChI is InChI=1S/C19H26N2O4/c1-13-6-7-15(14(10-13)18(25)20-2)21-16(22)11-19(12-17(23)24)8-4-3-5-9-19/h6-7,10H,3-5,8-9,11-12H2,1-2H3,(H,20,25)(H,21,22)(H,23,24). The number of carboxylic acid groups (broad SMARTS) is 1. The summed E-state index contributed by atoms with van der Waals surface area (Å²) in [6, 6.07) is 5.26. The van der Waals surface area contributed by atoms with Crippen LogP contribution in [-0.4, -0.2) is 29.9 Å². The maximum absolute atomic E-state index is 12.6. The fourth-order valence-corrected chi connectivity index (χ4v) is 3.66. The van der Waals surface area contributed by atoms with E-state index in [0.717, 1.165) is 37.7 Å². The molecule has 0 atom stereocenters. The molecular weight excluding hydrogens is 320 g/mol. The van der Waals surface area contributed by atoms with E-state index in [0.29, 0.717) is 11.3 Å². The summed E-state index contributed by atoms with van der Waals surface area (Å²) < 4.78 is 0. The number of hydrogen-bond acceptors (Lipinski definition) is 3. The number of carbonyl (C=O) groups excluding carboxylic acids is 2. The molecule has 136 valence electrons. The van der Waals surface area contributed by atoms with Crippen LogP contribution in [-0.2, 0) is 9.59 Å². The first-order valence-electron chi connectivity index (χ1n) is 8.70. The minimum atomic E-state index is -0.865. The average Bonchev–Trinajstić information content (AvgIpc) is 2.55. The molecule has 6 nitrogen and oxygen atoms in total. The predicted molar refractivity (Wildman–Crippen MR) is 95.6 cm³/mol. The number of amides is 2. The number of carboxylic acids is 1. The molecule has 6 heteroatoms. The molecule has 1 aliphatic rings. The van der Waals surface area contributed by atoms with Crippen LogP contribution in [0.2, 0.25) is 0 Å². The smallest absolute Gasteiger partial charge is 0.303 e. The van der Waals surface area contributed by atoms with Crippen molar-refractivity contribution in [1.82, 2.24) is 5.32 Å². The number of nitrogens with one attached hydrogen (secondary N) is 2. The largest absolute Gasteiger partial charge is 0.481 e. The summed E-state index contributed by atoms with van der Waals surface area (Å²) in [7, 11) is 1.54. The Kier molecular flexibility index (Phi) is 6.17. The minimum absolute atomic E-state index is 0.0105. The first kappa shape index (κ1) is 19.0. The Bertz CT molecular complexity index is 663. The van der Waals surface area contributed by atoms with Crippen molar-refractivity contribution in [3.05, 3.63) is 29.3 Å². The highest BCUT2D eigenvalue weighted by Gasteiger charge is 2.36. The van der Waals surface area contributed by atoms with Crippen molar-refractivity contribution in [1.29, 1.82) is 0 Å². The number of aliphatic carboxylic acids is 1. The van der Waals surface area contributed by atoms with Gasteiger partial charge in [-0.25, -0.2) is 0 Å². The van der Waals surface area contributed by atoms with Crippen molar-refractivity contribution in [3.8, 4) is 0 Å². The second-order valence-electron chi connectivity index (χ2n) is 6.98. The normalized spacial score (nSPS) is 16.1. The highest BCUT2D eigenvalue weighted by Crippen LogP contribution is 2.42. The molecule has 1 fully saturated rings. The van der Waals surface area contributed by atoms with Crippen LogP contribution >= 0.6 is 0 Å². The SMILES string of the molecule is CNC(=O)c1cc(C)ccc1NC(=O)CC1(CC(=O)O)CCCCC1. The molecule has 0 unspecified atom stereocenters. The van der Waals surface area contributed by atoms with Gasteiger partial charge in [-0.15, -0.1) is 0 Å². The van der Waals surface area contributed by atoms with E-state index in [2.05, 4.69) is 10.6 Å². The summed E-state index contributed by atoms with van der Waals surface area (Å²) in [4.78, 5) is 35.9. The Labute approximate surface area is 148 Å². The summed E-state index contributed by atoms with van der Waals surface area (Å²) in [5, 5.41) is 14.6. The fourth-order valence-electron chi connectivity index (χ4n) is 3.66. The first-order chi connectivity index (χ1) is 11.8. The van der Waals surface area contributed by atoms with Crippen LogP contribution in [0.4, 0.5) is 5.69 Å². The highest BCUT2D eigenvalue weighted by molar-refractivity contribution is 6.04. The zero-order chi connectivity index (χ0) is 18.4. The van der Waals surface area contributed by atoms with Gasteiger partial charge in [0.05, 0.1) is 17.7 Å². The Morgan fingerprint density at radius 3 is 2.40 bits per heavy atom. The topological polar surface area (TPSA) is 95.5 Å². The molecule has 1 aromatic rings. The zero-order valence-corrected chi connectivity index (χ0v) is 14.9. The van der Waals surface area contributed by atoms with Gasteiger partial charge in [0.25, 0.3) is 5.91 Å². The molecule has 0 heterocycles. The van der Waals surface area contributed by atoms with E-state index in [1.54, 1.807) is 19.2 Å². The molecule has 0 bridgehead atoms. The van der Waals surface area contributed by atoms with Crippen LogP contribution in [0.15, 0.2) is 18.2 Å². The van der Waals surface area contributed by atoms with E-state index in [1.165, 1.54) is 0 Å². The number of benzene rings is 1. The third kappa shape index (κ3) is 5.05. The second kappa shape index (κ2) is 8.14. The molecule has 1 saturated carbocycles. The number of hydrogen-bond donors (Lipinski definition) is 3. The lowest BCUT2D eigenvalue weighted by atomic mass is 9.69. The fraction of sp³-hybridized carbons (Fsp3) is 0.526. The van der Waals surface area contributed by atoms with Crippen molar-refractivity contribution in [3.63, 3.8) is 0 Å². The maximum Gasteiger partial charge on any atom is 0.303 e. The summed E-state index contributed by atoms with van der Waals surface area (Å²) >= 11 is 0. The van der Waals surface area contributed by atoms with Crippen molar-refractivity contribution < 1.29 is 19.5 Å². The lowest BCUT2D eigenvalue weighted by Gasteiger charge is -2.35. The van der Waals surface area contributed by atoms with Gasteiger partial charge in [0, 0.05) is 13.5 Å². The van der Waals surface area contributed by atoms with Crippen LogP contribution in [0.25, 0.3) is 0 Å². The Hall–Kier alpha value is -2.37. The van der Waals surface area contributed by atoms with Gasteiger partial charge in [-0.05, 0) is 37.3 Å². The van der Waals surface area contributed by atoms with Gasteiger partial charge in [-0.1, -0.05) is 30.9 Å². The van der Waals surface area contributed by atoms with E-state index in [1.807, 2.05) is 13.0 Å². The van der Waals surface area contributed by atoms with Crippen molar-refractivity contribution >= 4 is 23.5 Å². The predicted octanol–water partition coefficient (Wildman–Crippen LogP) is 3.11. The van der Waals surface area contributed by atoms with Gasteiger partial charge >= 0.3 is 5.97 Å². The summed E-state index contributed by atoms with van der Waals surface area (Å²) in [6.07, 6.45) is 4.67. The maximum atomic E-state index is 12.6. The van der Waals surface area contributed by atoms with Gasteiger partial charge in [0.1, 0.15) is 0 Å². The third-order valence-corrected chi connectivity index (χ3v) is 4.90. The molecule has 0 aromatic heterocycles. The molecule has 0 saturated heterocycles. The quantitative estimate of drug-likeness (QED) is 0.737. The lowest BCUT2D eigenvalue weighted by molar-refractivity contribution is -0.140. The summed E-state index contributed by atoms with van der Waals surface area (Å²) in [6.45, 7) is 1.88. The zero-order valence-electron chi connectivity index (χ0n) is 14.9. The summed E-state index contributed by atoms with van der Waals surface area (Å²) in [5.74, 6) is -1.37. The molecule has 1 aliphatic carbocycles. The molecular formula is C19H26N2O4. The highest BCUT2D eigenvalue weighted by atomic mass is 16.4. The van der Waals surface area contributed by atoms with Gasteiger partial charge in [0.15, 0.2) is 0 Å². The monoisotopic (exact) mass is 346 g/mol. The minimum Gasteiger partial charge on any atom is -0.481 e. The Morgan fingerprint density at radius 1 is 1.12 bits per heavy atom. The molecule has 3 N–H and O–H groups in total. The van der Waals surface area contributed by atoms with Crippen LogP contribution in [0, 0.1) is 12.3 Å². The Morgan fingerprint density at radius 2 is 1.80 bits per heavy atom. The average molecular weight is 346 g/mol. The van der Waals surface area contributed by atoms with E-state index in [-0.39, 0.29) is 24.7 Å². The number of aryl methyl sites for hydroxylation is 1. The van der Waals surface area contributed by atoms with Crippen LogP contribution in [0.1, 0.15) is 60.9 Å². The molecule has 25 heavy (non-hydrogen) atoms. The van der Waals surface area contributed by atoms with E-state index < -0.39 is 11.4 Å². The van der Waals surface area contributed by atoms with Gasteiger partial charge in [-0.2, -0.15) is 0 Å². The number of anilines is 1. The van der Waals surface area contributed by atoms with Crippen molar-refractivity contribution in [2.24, 2.45) is 5.41 Å². The number of rotatable bonds is 6. The van der Waals surface area contributed by atoms with Gasteiger partial charge in [0.2, 0.25) is 5.91 Å². The molecule has 2 rings (SSSR count). The van der Waals surface area contributed by atoms with Crippen molar-refractivity contribution in [2.45, 2.75) is 51.9 Å². The van der Waals surface area contributed by atoms with E-state index >= 15 is 0 Å². The molecule has 0 spiro atoms. The van der Waals surface area contributed by atoms with Gasteiger partial charge in [-0.3, -0.25) is 14.4 Å². The lowest BCUT2D eigenvalue weighted by Crippen LogP contribution is -2.32. The summed E-state index contributed by atoms with van der Waals surface area (Å²) in [5.41, 5.74) is 1.31. The molecule has 0 radical (unpaired) electrons. The van der Waals surface area contributed by atoms with E-state index in [4.69, 9.17) is 0 Å². The van der Waals surface area contributed by atoms with Crippen LogP contribution in [0.3, 0.4) is 0 Å². The Balaban J connectivity index is 2.16. The van der Waals surface area contributed by atoms with Crippen molar-refractivity contribution in [2.75, 3.05) is 12.4 Å². The molecule has 0 aliphatic heterocycles. The van der Waals surface area contributed by atoms with E-state index in [9.17, 15) is 19.5 Å². The van der Waals surface area contributed by atoms with Crippen LogP contribution in [0.5, 0.6) is 0 Å². The molecule has 1 aromatic carbocycles. The first-order valence-corrected chi connectivity index (χ1v) is 8.70. The van der Waals surface area contributed by atoms with Gasteiger partial charge < -0.3 is 15.7 Å². The van der Waals surface area contributed by atoms with Crippen LogP contribution < -0.4 is 10.6 Å². The second-order valence-corrected chi connectivity index (χ2v) is 6.98. The number of carbonyl (C=O) groups is 3.